The molecule has 0 amide bonds. The predicted molar refractivity (Wildman–Crippen MR) is 58.6 cm³/mol. The van der Waals surface area contributed by atoms with E-state index in [0.29, 0.717) is 13.2 Å². The van der Waals surface area contributed by atoms with Crippen LogP contribution >= 0.6 is 11.3 Å². The predicted octanol–water partition coefficient (Wildman–Crippen LogP) is 2.36. The number of hydrogen-bond donors (Lipinski definition) is 1. The highest BCUT2D eigenvalue weighted by Crippen LogP contribution is 2.12. The van der Waals surface area contributed by atoms with Gasteiger partial charge >= 0.3 is 5.97 Å². The lowest BCUT2D eigenvalue weighted by Crippen LogP contribution is -2.22. The van der Waals surface area contributed by atoms with E-state index in [-0.39, 0.29) is 11.9 Å². The second kappa shape index (κ2) is 5.65. The van der Waals surface area contributed by atoms with Crippen molar-refractivity contribution in [2.45, 2.75) is 13.8 Å². The first-order valence-corrected chi connectivity index (χ1v) is 5.61. The summed E-state index contributed by atoms with van der Waals surface area (Å²) < 4.78 is 4.90. The maximum absolute atomic E-state index is 11.2. The number of carbonyl (C=O) groups excluding carboxylic acids is 1. The molecule has 0 radical (unpaired) electrons. The van der Waals surface area contributed by atoms with Gasteiger partial charge in [0.25, 0.3) is 0 Å². The molecule has 1 unspecified atom stereocenters. The van der Waals surface area contributed by atoms with E-state index in [4.69, 9.17) is 4.74 Å². The van der Waals surface area contributed by atoms with E-state index in [2.05, 4.69) is 5.32 Å². The van der Waals surface area contributed by atoms with Crippen molar-refractivity contribution in [2.75, 3.05) is 18.5 Å². The fraction of sp³-hybridized carbons (Fsp3) is 0.500. The Kier molecular flexibility index (Phi) is 4.46. The normalized spacial score (nSPS) is 12.1. The average Bonchev–Trinajstić information content (AvgIpc) is 2.67. The van der Waals surface area contributed by atoms with E-state index in [0.717, 1.165) is 5.69 Å². The molecule has 0 aliphatic carbocycles. The molecule has 4 heteroatoms. The standard InChI is InChI=1S/C10H15NO2S/c1-3-13-10(12)8(2)6-11-9-4-5-14-7-9/h4-5,7-8,11H,3,6H2,1-2H3. The molecule has 1 N–H and O–H groups in total. The molecule has 78 valence electrons. The number of hydrogen-bond acceptors (Lipinski definition) is 4. The summed E-state index contributed by atoms with van der Waals surface area (Å²) in [6, 6.07) is 1.99. The van der Waals surface area contributed by atoms with Crippen molar-refractivity contribution in [1.82, 2.24) is 0 Å². The van der Waals surface area contributed by atoms with Gasteiger partial charge in [-0.05, 0) is 18.4 Å². The Morgan fingerprint density at radius 1 is 1.71 bits per heavy atom. The van der Waals surface area contributed by atoms with Crippen molar-refractivity contribution in [2.24, 2.45) is 5.92 Å². The second-order valence-electron chi connectivity index (χ2n) is 3.05. The van der Waals surface area contributed by atoms with Gasteiger partial charge in [-0.25, -0.2) is 0 Å². The van der Waals surface area contributed by atoms with Gasteiger partial charge in [-0.2, -0.15) is 11.3 Å². The van der Waals surface area contributed by atoms with Crippen molar-refractivity contribution in [3.63, 3.8) is 0 Å². The van der Waals surface area contributed by atoms with Crippen LogP contribution in [0.3, 0.4) is 0 Å². The summed E-state index contributed by atoms with van der Waals surface area (Å²) in [5, 5.41) is 7.18. The topological polar surface area (TPSA) is 38.3 Å². The molecule has 0 aliphatic rings. The molecule has 1 atom stereocenters. The summed E-state index contributed by atoms with van der Waals surface area (Å²) in [6.45, 7) is 4.74. The van der Waals surface area contributed by atoms with Crippen LogP contribution in [0.2, 0.25) is 0 Å². The molecule has 0 fully saturated rings. The number of carbonyl (C=O) groups is 1. The van der Waals surface area contributed by atoms with Gasteiger partial charge in [-0.15, -0.1) is 0 Å². The van der Waals surface area contributed by atoms with Crippen molar-refractivity contribution >= 4 is 23.0 Å². The molecule has 0 aromatic carbocycles. The summed E-state index contributed by atoms with van der Waals surface area (Å²) in [7, 11) is 0. The van der Waals surface area contributed by atoms with Gasteiger partial charge in [0.05, 0.1) is 12.5 Å². The Balaban J connectivity index is 2.27. The van der Waals surface area contributed by atoms with Crippen LogP contribution in [0, 0.1) is 5.92 Å². The monoisotopic (exact) mass is 213 g/mol. The minimum absolute atomic E-state index is 0.102. The van der Waals surface area contributed by atoms with Crippen LogP contribution in [-0.2, 0) is 9.53 Å². The minimum Gasteiger partial charge on any atom is -0.466 e. The zero-order valence-corrected chi connectivity index (χ0v) is 9.26. The SMILES string of the molecule is CCOC(=O)C(C)CNc1ccsc1. The van der Waals surface area contributed by atoms with Gasteiger partial charge < -0.3 is 10.1 Å². The van der Waals surface area contributed by atoms with E-state index in [1.807, 2.05) is 30.7 Å². The minimum atomic E-state index is -0.143. The Morgan fingerprint density at radius 3 is 3.07 bits per heavy atom. The second-order valence-corrected chi connectivity index (χ2v) is 3.83. The number of nitrogens with one attached hydrogen (secondary N) is 1. The molecule has 0 saturated heterocycles. The van der Waals surface area contributed by atoms with Crippen LogP contribution in [0.25, 0.3) is 0 Å². The highest BCUT2D eigenvalue weighted by Gasteiger charge is 2.12. The van der Waals surface area contributed by atoms with Crippen LogP contribution in [0.15, 0.2) is 16.8 Å². The molecule has 0 aliphatic heterocycles. The Hall–Kier alpha value is -1.03. The van der Waals surface area contributed by atoms with Gasteiger partial charge in [0, 0.05) is 17.6 Å². The smallest absolute Gasteiger partial charge is 0.310 e. The third kappa shape index (κ3) is 3.38. The van der Waals surface area contributed by atoms with Gasteiger partial charge in [-0.3, -0.25) is 4.79 Å². The third-order valence-corrected chi connectivity index (χ3v) is 2.51. The summed E-state index contributed by atoms with van der Waals surface area (Å²) in [5.74, 6) is -0.245. The summed E-state index contributed by atoms with van der Waals surface area (Å²) in [4.78, 5) is 11.2. The zero-order chi connectivity index (χ0) is 10.4. The van der Waals surface area contributed by atoms with Crippen molar-refractivity contribution in [3.8, 4) is 0 Å². The molecule has 1 rings (SSSR count). The highest BCUT2D eigenvalue weighted by molar-refractivity contribution is 7.08. The number of esters is 1. The van der Waals surface area contributed by atoms with Crippen molar-refractivity contribution in [1.29, 1.82) is 0 Å². The number of rotatable bonds is 5. The molecule has 0 spiro atoms. The van der Waals surface area contributed by atoms with E-state index >= 15 is 0 Å². The zero-order valence-electron chi connectivity index (χ0n) is 8.45. The van der Waals surface area contributed by atoms with E-state index in [1.54, 1.807) is 11.3 Å². The summed E-state index contributed by atoms with van der Waals surface area (Å²) in [6.07, 6.45) is 0. The molecular weight excluding hydrogens is 198 g/mol. The lowest BCUT2D eigenvalue weighted by molar-refractivity contribution is -0.146. The van der Waals surface area contributed by atoms with Gasteiger partial charge in [-0.1, -0.05) is 6.92 Å². The maximum atomic E-state index is 11.2. The van der Waals surface area contributed by atoms with Crippen LogP contribution in [-0.4, -0.2) is 19.1 Å². The highest BCUT2D eigenvalue weighted by atomic mass is 32.1. The van der Waals surface area contributed by atoms with Gasteiger partial charge in [0.2, 0.25) is 0 Å². The molecule has 14 heavy (non-hydrogen) atoms. The van der Waals surface area contributed by atoms with Crippen LogP contribution in [0.5, 0.6) is 0 Å². The summed E-state index contributed by atoms with van der Waals surface area (Å²) in [5.41, 5.74) is 1.06. The van der Waals surface area contributed by atoms with Crippen molar-refractivity contribution in [3.05, 3.63) is 16.8 Å². The largest absolute Gasteiger partial charge is 0.466 e. The average molecular weight is 213 g/mol. The third-order valence-electron chi connectivity index (χ3n) is 1.82. The molecule has 0 bridgehead atoms. The van der Waals surface area contributed by atoms with Crippen LogP contribution in [0.4, 0.5) is 5.69 Å². The lowest BCUT2D eigenvalue weighted by Gasteiger charge is -2.11. The fourth-order valence-corrected chi connectivity index (χ4v) is 1.62. The van der Waals surface area contributed by atoms with E-state index in [9.17, 15) is 4.79 Å². The first kappa shape index (κ1) is 11.0. The Labute approximate surface area is 88.1 Å². The van der Waals surface area contributed by atoms with Crippen molar-refractivity contribution < 1.29 is 9.53 Å². The number of ether oxygens (including phenoxy) is 1. The van der Waals surface area contributed by atoms with E-state index in [1.165, 1.54) is 0 Å². The maximum Gasteiger partial charge on any atom is 0.310 e. The van der Waals surface area contributed by atoms with Gasteiger partial charge in [0.15, 0.2) is 0 Å². The molecule has 3 nitrogen and oxygen atoms in total. The number of thiophene rings is 1. The first-order chi connectivity index (χ1) is 6.74. The van der Waals surface area contributed by atoms with Crippen LogP contribution in [0.1, 0.15) is 13.8 Å². The Morgan fingerprint density at radius 2 is 2.50 bits per heavy atom. The van der Waals surface area contributed by atoms with Gasteiger partial charge in [0.1, 0.15) is 0 Å². The lowest BCUT2D eigenvalue weighted by atomic mass is 10.2. The molecule has 1 aromatic heterocycles. The van der Waals surface area contributed by atoms with Crippen LogP contribution < -0.4 is 5.32 Å². The molecular formula is C10H15NO2S. The fourth-order valence-electron chi connectivity index (χ4n) is 1.00. The quantitative estimate of drug-likeness (QED) is 0.763. The molecule has 1 heterocycles. The first-order valence-electron chi connectivity index (χ1n) is 4.66. The number of anilines is 1. The van der Waals surface area contributed by atoms with E-state index < -0.39 is 0 Å². The Bertz CT molecular complexity index is 272. The summed E-state index contributed by atoms with van der Waals surface area (Å²) >= 11 is 1.63. The molecule has 1 aromatic rings. The molecule has 0 saturated carbocycles.